The first kappa shape index (κ1) is 15.3. The van der Waals surface area contributed by atoms with Crippen molar-refractivity contribution in [2.45, 2.75) is 32.6 Å². The van der Waals surface area contributed by atoms with Crippen LogP contribution < -0.4 is 10.6 Å². The van der Waals surface area contributed by atoms with Crippen LogP contribution in [0.4, 0.5) is 11.6 Å². The van der Waals surface area contributed by atoms with Crippen molar-refractivity contribution in [1.29, 1.82) is 0 Å². The highest BCUT2D eigenvalue weighted by Gasteiger charge is 2.21. The molecule has 2 N–H and O–H groups in total. The summed E-state index contributed by atoms with van der Waals surface area (Å²) < 4.78 is 0.906. The molecule has 1 aliphatic rings. The molecular formula is C17H19N5OS. The highest BCUT2D eigenvalue weighted by Crippen LogP contribution is 2.38. The molecule has 4 heterocycles. The van der Waals surface area contributed by atoms with Crippen LogP contribution in [0.1, 0.15) is 31.7 Å². The molecule has 7 heteroatoms. The van der Waals surface area contributed by atoms with Crippen LogP contribution >= 0.6 is 11.3 Å². The summed E-state index contributed by atoms with van der Waals surface area (Å²) in [5, 5.41) is 1.10. The number of anilines is 2. The summed E-state index contributed by atoms with van der Waals surface area (Å²) in [6.45, 7) is 3.66. The van der Waals surface area contributed by atoms with Gasteiger partial charge in [-0.15, -0.1) is 11.3 Å². The molecule has 1 fully saturated rings. The van der Waals surface area contributed by atoms with Gasteiger partial charge in [-0.1, -0.05) is 13.3 Å². The molecule has 3 aromatic heterocycles. The Morgan fingerprint density at radius 1 is 1.29 bits per heavy atom. The van der Waals surface area contributed by atoms with E-state index in [1.807, 2.05) is 0 Å². The number of carbonyl (C=O) groups excluding carboxylic acids is 1. The van der Waals surface area contributed by atoms with Crippen LogP contribution in [0.25, 0.3) is 20.4 Å². The van der Waals surface area contributed by atoms with Crippen molar-refractivity contribution in [3.63, 3.8) is 0 Å². The molecule has 124 valence electrons. The van der Waals surface area contributed by atoms with Crippen molar-refractivity contribution in [1.82, 2.24) is 15.0 Å². The second kappa shape index (κ2) is 5.98. The molecule has 0 aliphatic carbocycles. The number of carbonyl (C=O) groups is 1. The second-order valence-electron chi connectivity index (χ2n) is 6.13. The number of rotatable bonds is 3. The average Bonchev–Trinajstić information content (AvgIpc) is 2.96. The molecule has 1 saturated heterocycles. The van der Waals surface area contributed by atoms with Gasteiger partial charge in [-0.25, -0.2) is 15.0 Å². The predicted octanol–water partition coefficient (Wildman–Crippen LogP) is 2.94. The van der Waals surface area contributed by atoms with Gasteiger partial charge < -0.3 is 10.6 Å². The van der Waals surface area contributed by atoms with Crippen molar-refractivity contribution >= 4 is 49.2 Å². The van der Waals surface area contributed by atoms with Crippen molar-refractivity contribution in [2.75, 3.05) is 23.7 Å². The molecule has 3 aromatic rings. The third kappa shape index (κ3) is 2.49. The summed E-state index contributed by atoms with van der Waals surface area (Å²) in [6, 6.07) is 2.16. The smallest absolute Gasteiger partial charge is 0.144 e. The fourth-order valence-corrected chi connectivity index (χ4v) is 4.33. The molecular weight excluding hydrogens is 322 g/mol. The van der Waals surface area contributed by atoms with E-state index in [0.29, 0.717) is 24.4 Å². The van der Waals surface area contributed by atoms with E-state index in [9.17, 15) is 4.79 Å². The van der Waals surface area contributed by atoms with E-state index in [-0.39, 0.29) is 0 Å². The summed E-state index contributed by atoms with van der Waals surface area (Å²) in [4.78, 5) is 28.1. The summed E-state index contributed by atoms with van der Waals surface area (Å²) in [5.41, 5.74) is 8.17. The van der Waals surface area contributed by atoms with Crippen molar-refractivity contribution in [3.05, 3.63) is 18.0 Å². The first-order chi connectivity index (χ1) is 11.7. The highest BCUT2D eigenvalue weighted by molar-refractivity contribution is 7.26. The number of ketones is 1. The molecule has 0 spiro atoms. The number of nitrogens with two attached hydrogens (primary N) is 1. The molecule has 0 atom stereocenters. The normalized spacial score (nSPS) is 15.5. The summed E-state index contributed by atoms with van der Waals surface area (Å²) in [7, 11) is 0. The van der Waals surface area contributed by atoms with E-state index in [1.165, 1.54) is 11.9 Å². The molecule has 6 nitrogen and oxygen atoms in total. The van der Waals surface area contributed by atoms with Crippen LogP contribution in [-0.2, 0) is 11.2 Å². The number of aryl methyl sites for hydroxylation is 1. The standard InChI is InChI=1S/C17H19N5OS/c1-2-3-10-8-12(22-6-4-11(23)5-7-22)21-17-13(10)14-15(24-17)16(18)20-9-19-14/h8-9H,2-7H2,1H3,(H2,18,19,20). The predicted molar refractivity (Wildman–Crippen MR) is 97.6 cm³/mol. The van der Waals surface area contributed by atoms with Gasteiger partial charge in [0.1, 0.15) is 28.6 Å². The largest absolute Gasteiger partial charge is 0.382 e. The maximum atomic E-state index is 11.5. The summed E-state index contributed by atoms with van der Waals surface area (Å²) in [5.74, 6) is 1.80. The van der Waals surface area contributed by atoms with Gasteiger partial charge in [0.05, 0.1) is 10.2 Å². The number of hydrogen-bond donors (Lipinski definition) is 1. The number of hydrogen-bond acceptors (Lipinski definition) is 7. The van der Waals surface area contributed by atoms with Gasteiger partial charge in [0.15, 0.2) is 0 Å². The van der Waals surface area contributed by atoms with Gasteiger partial charge in [0.25, 0.3) is 0 Å². The average molecular weight is 341 g/mol. The van der Waals surface area contributed by atoms with Gasteiger partial charge in [0.2, 0.25) is 0 Å². The molecule has 0 bridgehead atoms. The summed E-state index contributed by atoms with van der Waals surface area (Å²) >= 11 is 1.55. The number of pyridine rings is 1. The first-order valence-corrected chi connectivity index (χ1v) is 9.08. The monoisotopic (exact) mass is 341 g/mol. The van der Waals surface area contributed by atoms with Crippen LogP contribution in [-0.4, -0.2) is 33.8 Å². The van der Waals surface area contributed by atoms with E-state index in [4.69, 9.17) is 10.7 Å². The Morgan fingerprint density at radius 3 is 2.83 bits per heavy atom. The number of nitrogens with zero attached hydrogens (tertiary/aromatic N) is 4. The molecule has 0 radical (unpaired) electrons. The molecule has 4 rings (SSSR count). The Morgan fingerprint density at radius 2 is 2.08 bits per heavy atom. The van der Waals surface area contributed by atoms with Crippen LogP contribution in [0.15, 0.2) is 12.4 Å². The molecule has 0 amide bonds. The third-order valence-electron chi connectivity index (χ3n) is 4.49. The number of piperidine rings is 1. The van der Waals surface area contributed by atoms with E-state index in [0.717, 1.165) is 52.2 Å². The van der Waals surface area contributed by atoms with Crippen molar-refractivity contribution in [2.24, 2.45) is 0 Å². The van der Waals surface area contributed by atoms with Crippen LogP contribution in [0.2, 0.25) is 0 Å². The lowest BCUT2D eigenvalue weighted by Crippen LogP contribution is -2.34. The third-order valence-corrected chi connectivity index (χ3v) is 5.58. The number of thiophene rings is 1. The minimum atomic E-state index is 0.339. The SMILES string of the molecule is CCCc1cc(N2CCC(=O)CC2)nc2sc3c(N)ncnc3c12. The first-order valence-electron chi connectivity index (χ1n) is 8.26. The van der Waals surface area contributed by atoms with Gasteiger partial charge in [-0.05, 0) is 18.1 Å². The van der Waals surface area contributed by atoms with E-state index >= 15 is 0 Å². The Bertz CT molecular complexity index is 926. The fourth-order valence-electron chi connectivity index (χ4n) is 3.26. The van der Waals surface area contributed by atoms with Gasteiger partial charge in [-0.3, -0.25) is 4.79 Å². The van der Waals surface area contributed by atoms with E-state index in [2.05, 4.69) is 27.9 Å². The molecule has 1 aliphatic heterocycles. The van der Waals surface area contributed by atoms with E-state index in [1.54, 1.807) is 11.3 Å². The lowest BCUT2D eigenvalue weighted by atomic mass is 10.1. The quantitative estimate of drug-likeness (QED) is 0.788. The Labute approximate surface area is 143 Å². The Hall–Kier alpha value is -2.28. The minimum absolute atomic E-state index is 0.339. The maximum absolute atomic E-state index is 11.5. The number of aromatic nitrogens is 3. The fraction of sp³-hybridized carbons (Fsp3) is 0.412. The number of nitrogen functional groups attached to an aromatic ring is 1. The lowest BCUT2D eigenvalue weighted by Gasteiger charge is -2.27. The van der Waals surface area contributed by atoms with Crippen LogP contribution in [0, 0.1) is 0 Å². The second-order valence-corrected chi connectivity index (χ2v) is 7.13. The molecule has 0 saturated carbocycles. The van der Waals surface area contributed by atoms with Gasteiger partial charge in [0, 0.05) is 31.3 Å². The number of Topliss-reactive ketones (excluding diaryl/α,β-unsaturated/α-hetero) is 1. The van der Waals surface area contributed by atoms with Gasteiger partial charge in [-0.2, -0.15) is 0 Å². The van der Waals surface area contributed by atoms with Crippen LogP contribution in [0.3, 0.4) is 0 Å². The Kier molecular flexibility index (Phi) is 3.80. The Balaban J connectivity index is 1.90. The molecule has 24 heavy (non-hydrogen) atoms. The van der Waals surface area contributed by atoms with E-state index < -0.39 is 0 Å². The minimum Gasteiger partial charge on any atom is -0.382 e. The molecule has 0 aromatic carbocycles. The zero-order chi connectivity index (χ0) is 16.7. The van der Waals surface area contributed by atoms with Crippen molar-refractivity contribution in [3.8, 4) is 0 Å². The zero-order valence-corrected chi connectivity index (χ0v) is 14.4. The maximum Gasteiger partial charge on any atom is 0.144 e. The lowest BCUT2D eigenvalue weighted by molar-refractivity contribution is -0.119. The van der Waals surface area contributed by atoms with Crippen LogP contribution in [0.5, 0.6) is 0 Å². The number of fused-ring (bicyclic) bond motifs is 3. The molecule has 0 unspecified atom stereocenters. The van der Waals surface area contributed by atoms with Crippen molar-refractivity contribution < 1.29 is 4.79 Å². The zero-order valence-electron chi connectivity index (χ0n) is 13.6. The topological polar surface area (TPSA) is 85.0 Å². The van der Waals surface area contributed by atoms with Gasteiger partial charge >= 0.3 is 0 Å². The highest BCUT2D eigenvalue weighted by atomic mass is 32.1. The summed E-state index contributed by atoms with van der Waals surface area (Å²) in [6.07, 6.45) is 4.74.